The Kier molecular flexibility index (Phi) is 4.42. The maximum absolute atomic E-state index is 4.65. The van der Waals surface area contributed by atoms with Crippen molar-refractivity contribution >= 4 is 65.4 Å². The molecule has 0 bridgehead atoms. The molecule has 4 heterocycles. The summed E-state index contributed by atoms with van der Waals surface area (Å²) in [4.78, 5) is 17.1. The molecule has 1 N–H and O–H groups in total. The van der Waals surface area contributed by atoms with E-state index >= 15 is 0 Å². The number of H-pyrrole nitrogens is 1. The molecule has 0 fully saturated rings. The monoisotopic (exact) mass is 448 g/mol. The highest BCUT2D eigenvalue weighted by Gasteiger charge is 2.09. The molecule has 4 aromatic carbocycles. The summed E-state index contributed by atoms with van der Waals surface area (Å²) in [5.74, 6) is 0. The van der Waals surface area contributed by atoms with E-state index in [0.29, 0.717) is 0 Å². The lowest BCUT2D eigenvalue weighted by molar-refractivity contribution is 1.43. The zero-order valence-corrected chi connectivity index (χ0v) is 18.8. The normalized spacial score (nSPS) is 11.4. The summed E-state index contributed by atoms with van der Waals surface area (Å²) in [6.07, 6.45) is 3.69. The van der Waals surface area contributed by atoms with Crippen LogP contribution in [-0.4, -0.2) is 19.9 Å². The van der Waals surface area contributed by atoms with Crippen LogP contribution in [0.5, 0.6) is 0 Å². The zero-order chi connectivity index (χ0) is 23.2. The van der Waals surface area contributed by atoms with Gasteiger partial charge in [0.2, 0.25) is 0 Å². The van der Waals surface area contributed by atoms with Crippen molar-refractivity contribution in [3.63, 3.8) is 0 Å². The summed E-state index contributed by atoms with van der Waals surface area (Å²) in [5.41, 5.74) is 6.46. The summed E-state index contributed by atoms with van der Waals surface area (Å²) in [7, 11) is 0. The average Bonchev–Trinajstić information content (AvgIpc) is 3.39. The van der Waals surface area contributed by atoms with Crippen LogP contribution in [0.2, 0.25) is 0 Å². The molecule has 0 aliphatic heterocycles. The topological polar surface area (TPSA) is 54.5 Å². The Morgan fingerprint density at radius 1 is 0.457 bits per heavy atom. The molecule has 0 saturated heterocycles. The molecule has 164 valence electrons. The molecule has 4 nitrogen and oxygen atoms in total. The number of aromatic nitrogens is 4. The van der Waals surface area contributed by atoms with E-state index in [1.54, 1.807) is 0 Å². The van der Waals surface area contributed by atoms with Crippen molar-refractivity contribution < 1.29 is 0 Å². The van der Waals surface area contributed by atoms with Gasteiger partial charge in [-0.1, -0.05) is 66.7 Å². The molecular weight excluding hydrogens is 428 g/mol. The number of hydrogen-bond acceptors (Lipinski definition) is 3. The lowest BCUT2D eigenvalue weighted by Crippen LogP contribution is -1.78. The van der Waals surface area contributed by atoms with Gasteiger partial charge in [-0.05, 0) is 36.4 Å². The highest BCUT2D eigenvalue weighted by molar-refractivity contribution is 6.19. The molecule has 4 aromatic heterocycles. The van der Waals surface area contributed by atoms with E-state index in [2.05, 4.69) is 80.6 Å². The molecule has 0 aliphatic carbocycles. The van der Waals surface area contributed by atoms with E-state index in [-0.39, 0.29) is 0 Å². The van der Waals surface area contributed by atoms with Gasteiger partial charge in [-0.25, -0.2) is 4.98 Å². The Morgan fingerprint density at radius 2 is 1.14 bits per heavy atom. The fourth-order valence-corrected chi connectivity index (χ4v) is 4.94. The number of rotatable bonds is 0. The standard InChI is InChI=1S/C16H10N2.C15H10N2/c1-2-7-13-12(6-1)15-14(18-13)9-8-11-5-3-4-10-17-16(11)15;1-2-6-12-11(5-1)14-13(17-12)8-7-10-4-3-9-16-15(10)14/h1-10H;1-9,17H. The Morgan fingerprint density at radius 3 is 2.06 bits per heavy atom. The Labute approximate surface area is 200 Å². The van der Waals surface area contributed by atoms with Crippen LogP contribution in [0.1, 0.15) is 0 Å². The SMILES string of the molecule is c1ccc2ccc3nc4ccccc4c3c2nc1.c1cnc2c(c1)ccc1[nH]c3ccccc3c12. The summed E-state index contributed by atoms with van der Waals surface area (Å²) in [6, 6.07) is 35.1. The summed E-state index contributed by atoms with van der Waals surface area (Å²) in [6.45, 7) is 0. The molecule has 0 saturated carbocycles. The maximum Gasteiger partial charge on any atom is 0.0802 e. The van der Waals surface area contributed by atoms with E-state index in [1.807, 2.05) is 54.9 Å². The first-order chi connectivity index (χ1) is 17.4. The minimum absolute atomic E-state index is 1.02. The second kappa shape index (κ2) is 7.89. The highest BCUT2D eigenvalue weighted by Crippen LogP contribution is 2.31. The lowest BCUT2D eigenvalue weighted by Gasteiger charge is -1.98. The number of hydrogen-bond donors (Lipinski definition) is 1. The lowest BCUT2D eigenvalue weighted by atomic mass is 10.1. The molecular formula is C31H20N4. The van der Waals surface area contributed by atoms with Crippen molar-refractivity contribution in [2.45, 2.75) is 0 Å². The van der Waals surface area contributed by atoms with Gasteiger partial charge in [0, 0.05) is 55.7 Å². The molecule has 0 radical (unpaired) electrons. The van der Waals surface area contributed by atoms with E-state index < -0.39 is 0 Å². The van der Waals surface area contributed by atoms with Gasteiger partial charge in [0.15, 0.2) is 0 Å². The van der Waals surface area contributed by atoms with Gasteiger partial charge < -0.3 is 4.98 Å². The molecule has 4 heteroatoms. The number of benzene rings is 4. The van der Waals surface area contributed by atoms with Gasteiger partial charge >= 0.3 is 0 Å². The van der Waals surface area contributed by atoms with Crippen LogP contribution < -0.4 is 0 Å². The van der Waals surface area contributed by atoms with Crippen LogP contribution in [-0.2, 0) is 0 Å². The average molecular weight is 449 g/mol. The highest BCUT2D eigenvalue weighted by atomic mass is 14.7. The fourth-order valence-electron chi connectivity index (χ4n) is 4.94. The third-order valence-electron chi connectivity index (χ3n) is 6.52. The van der Waals surface area contributed by atoms with Gasteiger partial charge in [0.25, 0.3) is 0 Å². The molecule has 0 unspecified atom stereocenters. The smallest absolute Gasteiger partial charge is 0.0802 e. The number of para-hydroxylation sites is 2. The van der Waals surface area contributed by atoms with E-state index in [1.165, 1.54) is 27.1 Å². The molecule has 0 amide bonds. The van der Waals surface area contributed by atoms with Crippen molar-refractivity contribution in [2.24, 2.45) is 0 Å². The van der Waals surface area contributed by atoms with Gasteiger partial charge in [0.05, 0.1) is 22.1 Å². The van der Waals surface area contributed by atoms with Crippen molar-refractivity contribution in [3.8, 4) is 0 Å². The molecule has 0 spiro atoms. The molecule has 35 heavy (non-hydrogen) atoms. The summed E-state index contributed by atoms with van der Waals surface area (Å²) >= 11 is 0. The quantitative estimate of drug-likeness (QED) is 0.257. The second-order valence-electron chi connectivity index (χ2n) is 8.59. The maximum atomic E-state index is 4.65. The van der Waals surface area contributed by atoms with Crippen LogP contribution in [0.4, 0.5) is 0 Å². The van der Waals surface area contributed by atoms with Crippen molar-refractivity contribution in [3.05, 3.63) is 116 Å². The van der Waals surface area contributed by atoms with Gasteiger partial charge in [-0.15, -0.1) is 0 Å². The van der Waals surface area contributed by atoms with E-state index in [4.69, 9.17) is 0 Å². The molecule has 0 atom stereocenters. The fraction of sp³-hybridized carbons (Fsp3) is 0. The first-order valence-corrected chi connectivity index (χ1v) is 11.6. The van der Waals surface area contributed by atoms with Gasteiger partial charge in [-0.3, -0.25) is 9.97 Å². The van der Waals surface area contributed by atoms with E-state index in [9.17, 15) is 0 Å². The predicted molar refractivity (Wildman–Crippen MR) is 146 cm³/mol. The Hall–Kier alpha value is -4.83. The first kappa shape index (κ1) is 19.6. The minimum Gasteiger partial charge on any atom is -0.354 e. The number of nitrogens with one attached hydrogen (secondary N) is 1. The Balaban J connectivity index is 0.000000120. The van der Waals surface area contributed by atoms with Crippen LogP contribution >= 0.6 is 0 Å². The predicted octanol–water partition coefficient (Wildman–Crippen LogP) is 7.81. The third-order valence-corrected chi connectivity index (χ3v) is 6.52. The molecule has 8 rings (SSSR count). The number of nitrogens with zero attached hydrogens (tertiary/aromatic N) is 3. The third kappa shape index (κ3) is 3.19. The zero-order valence-electron chi connectivity index (χ0n) is 18.8. The molecule has 0 aliphatic rings. The van der Waals surface area contributed by atoms with Crippen LogP contribution in [0.15, 0.2) is 116 Å². The van der Waals surface area contributed by atoms with Crippen LogP contribution in [0, 0.1) is 0 Å². The van der Waals surface area contributed by atoms with Crippen LogP contribution in [0.3, 0.4) is 0 Å². The van der Waals surface area contributed by atoms with Crippen molar-refractivity contribution in [1.29, 1.82) is 0 Å². The van der Waals surface area contributed by atoms with Gasteiger partial charge in [-0.2, -0.15) is 0 Å². The molecule has 8 aromatic rings. The largest absolute Gasteiger partial charge is 0.354 e. The van der Waals surface area contributed by atoms with Crippen LogP contribution in [0.25, 0.3) is 65.4 Å². The van der Waals surface area contributed by atoms with Crippen molar-refractivity contribution in [1.82, 2.24) is 19.9 Å². The summed E-state index contributed by atoms with van der Waals surface area (Å²) < 4.78 is 0. The minimum atomic E-state index is 1.02. The van der Waals surface area contributed by atoms with E-state index in [0.717, 1.165) is 38.4 Å². The summed E-state index contributed by atoms with van der Waals surface area (Å²) in [5, 5.41) is 7.12. The number of pyridine rings is 1. The first-order valence-electron chi connectivity index (χ1n) is 11.6. The van der Waals surface area contributed by atoms with Gasteiger partial charge in [0.1, 0.15) is 0 Å². The number of aromatic amines is 1. The second-order valence-corrected chi connectivity index (χ2v) is 8.59. The Bertz CT molecular complexity index is 2010. The number of fused-ring (bicyclic) bond motifs is 10. The van der Waals surface area contributed by atoms with Crippen molar-refractivity contribution in [2.75, 3.05) is 0 Å².